The third kappa shape index (κ3) is 2.96. The first-order valence-corrected chi connectivity index (χ1v) is 9.92. The molecule has 4 N–H and O–H groups in total. The Balaban J connectivity index is 1.50. The van der Waals surface area contributed by atoms with Crippen molar-refractivity contribution in [1.82, 2.24) is 14.6 Å². The third-order valence-electron chi connectivity index (χ3n) is 6.13. The van der Waals surface area contributed by atoms with Crippen LogP contribution in [-0.4, -0.2) is 26.5 Å². The lowest BCUT2D eigenvalue weighted by molar-refractivity contribution is 0.0993. The minimum Gasteiger partial charge on any atom is -0.365 e. The Bertz CT molecular complexity index is 1020. The molecule has 28 heavy (non-hydrogen) atoms. The number of imidazole rings is 1. The number of rotatable bonds is 5. The van der Waals surface area contributed by atoms with Gasteiger partial charge in [0.1, 0.15) is 11.5 Å². The van der Waals surface area contributed by atoms with Crippen LogP contribution in [-0.2, 0) is 0 Å². The molecule has 0 saturated heterocycles. The number of nitrogens with zero attached hydrogens (tertiary/aromatic N) is 3. The lowest BCUT2D eigenvalue weighted by atomic mass is 9.86. The first-order valence-electron chi connectivity index (χ1n) is 9.92. The number of primary amides is 1. The van der Waals surface area contributed by atoms with Crippen LogP contribution in [0, 0.1) is 5.41 Å². The van der Waals surface area contributed by atoms with Crippen molar-refractivity contribution in [3.63, 3.8) is 0 Å². The molecule has 0 bridgehead atoms. The van der Waals surface area contributed by atoms with Crippen LogP contribution in [0.15, 0.2) is 42.6 Å². The molecule has 2 aromatic heterocycles. The largest absolute Gasteiger partial charge is 0.365 e. The quantitative estimate of drug-likeness (QED) is 0.631. The summed E-state index contributed by atoms with van der Waals surface area (Å²) in [5.74, 6) is 0.192. The minimum atomic E-state index is -0.544. The fraction of sp³-hybridized carbons (Fsp3) is 0.381. The highest BCUT2D eigenvalue weighted by Crippen LogP contribution is 2.57. The summed E-state index contributed by atoms with van der Waals surface area (Å²) in [5, 5.41) is 11.6. The molecular weight excluding hydrogens is 352 g/mol. The Morgan fingerprint density at radius 1 is 1.18 bits per heavy atom. The fourth-order valence-electron chi connectivity index (χ4n) is 4.51. The number of nitrogens with one attached hydrogen (secondary N) is 2. The number of nitrogens with two attached hydrogens (primary N) is 1. The Morgan fingerprint density at radius 3 is 2.71 bits per heavy atom. The molecule has 2 saturated carbocycles. The molecule has 3 aromatic rings. The normalized spacial score (nSPS) is 20.2. The number of amides is 1. The zero-order valence-corrected chi connectivity index (χ0v) is 15.7. The molecule has 1 atom stereocenters. The lowest BCUT2D eigenvalue weighted by Gasteiger charge is -2.22. The van der Waals surface area contributed by atoms with E-state index in [9.17, 15) is 4.79 Å². The summed E-state index contributed by atoms with van der Waals surface area (Å²) in [5.41, 5.74) is 8.54. The molecule has 2 fully saturated rings. The number of benzene rings is 1. The van der Waals surface area contributed by atoms with E-state index in [1.165, 1.54) is 49.2 Å². The lowest BCUT2D eigenvalue weighted by Crippen LogP contribution is -2.19. The van der Waals surface area contributed by atoms with Gasteiger partial charge in [-0.2, -0.15) is 0 Å². The molecule has 1 unspecified atom stereocenters. The van der Waals surface area contributed by atoms with E-state index in [-0.39, 0.29) is 5.69 Å². The van der Waals surface area contributed by atoms with E-state index in [1.807, 2.05) is 36.4 Å². The van der Waals surface area contributed by atoms with Gasteiger partial charge in [0.2, 0.25) is 0 Å². The first-order chi connectivity index (χ1) is 13.6. The van der Waals surface area contributed by atoms with E-state index in [2.05, 4.69) is 20.7 Å². The van der Waals surface area contributed by atoms with E-state index in [0.29, 0.717) is 17.1 Å². The van der Waals surface area contributed by atoms with Crippen molar-refractivity contribution in [2.75, 3.05) is 10.6 Å². The third-order valence-corrected chi connectivity index (χ3v) is 6.13. The van der Waals surface area contributed by atoms with Gasteiger partial charge in [0, 0.05) is 17.8 Å². The number of para-hydroxylation sites is 1. The van der Waals surface area contributed by atoms with Crippen molar-refractivity contribution in [3.8, 4) is 0 Å². The minimum absolute atomic E-state index is 0.276. The molecule has 0 radical (unpaired) electrons. The number of aromatic nitrogens is 3. The van der Waals surface area contributed by atoms with Gasteiger partial charge in [0.15, 0.2) is 5.65 Å². The molecular formula is C21H24N6O. The maximum absolute atomic E-state index is 11.8. The smallest absolute Gasteiger partial charge is 0.269 e. The van der Waals surface area contributed by atoms with Crippen LogP contribution in [0.4, 0.5) is 17.2 Å². The summed E-state index contributed by atoms with van der Waals surface area (Å²) >= 11 is 0. The average molecular weight is 376 g/mol. The monoisotopic (exact) mass is 376 g/mol. The van der Waals surface area contributed by atoms with E-state index in [4.69, 9.17) is 5.73 Å². The van der Waals surface area contributed by atoms with Crippen molar-refractivity contribution in [3.05, 3.63) is 48.3 Å². The predicted octanol–water partition coefficient (Wildman–Crippen LogP) is 3.71. The number of fused-ring (bicyclic) bond motifs is 1. The Labute approximate surface area is 163 Å². The van der Waals surface area contributed by atoms with Gasteiger partial charge >= 0.3 is 0 Å². The number of carbonyl (C=O) groups is 1. The SMILES string of the molecule is NC(=O)c1cnc2c(Nc3ccccc3)cc(NC3CC34CCCCC4)nn12. The maximum Gasteiger partial charge on any atom is 0.269 e. The van der Waals surface area contributed by atoms with Crippen LogP contribution >= 0.6 is 0 Å². The van der Waals surface area contributed by atoms with Crippen molar-refractivity contribution >= 4 is 28.7 Å². The van der Waals surface area contributed by atoms with Crippen molar-refractivity contribution in [2.24, 2.45) is 11.1 Å². The summed E-state index contributed by atoms with van der Waals surface area (Å²) in [7, 11) is 0. The zero-order valence-electron chi connectivity index (χ0n) is 15.7. The summed E-state index contributed by atoms with van der Waals surface area (Å²) in [6, 6.07) is 12.3. The Morgan fingerprint density at radius 2 is 1.96 bits per heavy atom. The van der Waals surface area contributed by atoms with Crippen LogP contribution in [0.1, 0.15) is 49.0 Å². The Kier molecular flexibility index (Phi) is 3.96. The number of hydrogen-bond acceptors (Lipinski definition) is 5. The van der Waals surface area contributed by atoms with E-state index in [1.54, 1.807) is 0 Å². The summed E-state index contributed by atoms with van der Waals surface area (Å²) in [6.07, 6.45) is 9.24. The molecule has 5 rings (SSSR count). The average Bonchev–Trinajstić information content (AvgIpc) is 3.14. The molecule has 144 valence electrons. The van der Waals surface area contributed by atoms with E-state index >= 15 is 0 Å². The summed E-state index contributed by atoms with van der Waals surface area (Å²) in [6.45, 7) is 0. The van der Waals surface area contributed by atoms with Crippen LogP contribution in [0.25, 0.3) is 5.65 Å². The fourth-order valence-corrected chi connectivity index (χ4v) is 4.51. The molecule has 2 heterocycles. The number of anilines is 3. The molecule has 0 aliphatic heterocycles. The van der Waals surface area contributed by atoms with Gasteiger partial charge in [-0.05, 0) is 36.8 Å². The van der Waals surface area contributed by atoms with Gasteiger partial charge in [-0.25, -0.2) is 9.50 Å². The molecule has 7 heteroatoms. The molecule has 2 aliphatic rings. The van der Waals surface area contributed by atoms with Gasteiger partial charge < -0.3 is 16.4 Å². The van der Waals surface area contributed by atoms with Gasteiger partial charge in [0.25, 0.3) is 5.91 Å². The number of carbonyl (C=O) groups excluding carboxylic acids is 1. The van der Waals surface area contributed by atoms with E-state index in [0.717, 1.165) is 17.2 Å². The van der Waals surface area contributed by atoms with Crippen LogP contribution in [0.3, 0.4) is 0 Å². The standard InChI is InChI=1S/C21H24N6O/c22-19(28)16-13-23-20-15(24-14-7-3-1-4-8-14)11-18(26-27(16)20)25-17-12-21(17)9-5-2-6-10-21/h1,3-4,7-8,11,13,17,24H,2,5-6,9-10,12H2,(H2,22,28)(H,25,26). The second-order valence-electron chi connectivity index (χ2n) is 8.00. The topological polar surface area (TPSA) is 97.3 Å². The summed E-state index contributed by atoms with van der Waals surface area (Å²) in [4.78, 5) is 16.2. The zero-order chi connectivity index (χ0) is 19.1. The van der Waals surface area contributed by atoms with Gasteiger partial charge in [-0.3, -0.25) is 4.79 Å². The second kappa shape index (κ2) is 6.51. The Hall–Kier alpha value is -3.09. The van der Waals surface area contributed by atoms with Gasteiger partial charge in [0.05, 0.1) is 11.9 Å². The molecule has 1 aromatic carbocycles. The first kappa shape index (κ1) is 17.0. The predicted molar refractivity (Wildman–Crippen MR) is 109 cm³/mol. The summed E-state index contributed by atoms with van der Waals surface area (Å²) < 4.78 is 1.53. The highest BCUT2D eigenvalue weighted by molar-refractivity contribution is 5.92. The van der Waals surface area contributed by atoms with Crippen molar-refractivity contribution in [2.45, 2.75) is 44.6 Å². The molecule has 1 spiro atoms. The second-order valence-corrected chi connectivity index (χ2v) is 8.00. The highest BCUT2D eigenvalue weighted by atomic mass is 16.1. The highest BCUT2D eigenvalue weighted by Gasteiger charge is 2.54. The van der Waals surface area contributed by atoms with Crippen LogP contribution in [0.2, 0.25) is 0 Å². The molecule has 1 amide bonds. The van der Waals surface area contributed by atoms with Crippen molar-refractivity contribution in [1.29, 1.82) is 0 Å². The van der Waals surface area contributed by atoms with Crippen molar-refractivity contribution < 1.29 is 4.79 Å². The van der Waals surface area contributed by atoms with Crippen LogP contribution < -0.4 is 16.4 Å². The number of hydrogen-bond donors (Lipinski definition) is 3. The van der Waals surface area contributed by atoms with Gasteiger partial charge in [-0.15, -0.1) is 5.10 Å². The van der Waals surface area contributed by atoms with Crippen LogP contribution in [0.5, 0.6) is 0 Å². The van der Waals surface area contributed by atoms with E-state index < -0.39 is 5.91 Å². The maximum atomic E-state index is 11.8. The molecule has 2 aliphatic carbocycles. The molecule has 7 nitrogen and oxygen atoms in total. The van der Waals surface area contributed by atoms with Gasteiger partial charge in [-0.1, -0.05) is 37.5 Å².